The number of anilines is 2. The lowest BCUT2D eigenvalue weighted by molar-refractivity contribution is 0.0835. The molecule has 1 saturated carbocycles. The van der Waals surface area contributed by atoms with Crippen LogP contribution in [0.1, 0.15) is 81.6 Å². The quantitative estimate of drug-likeness (QED) is 0.335. The van der Waals surface area contributed by atoms with E-state index in [0.717, 1.165) is 48.6 Å². The maximum Gasteiger partial charge on any atom is 0.257 e. The number of aromatic nitrogens is 2. The van der Waals surface area contributed by atoms with Gasteiger partial charge >= 0.3 is 0 Å². The summed E-state index contributed by atoms with van der Waals surface area (Å²) < 4.78 is 5.45. The lowest BCUT2D eigenvalue weighted by Crippen LogP contribution is -2.48. The highest BCUT2D eigenvalue weighted by atomic mass is 16.5. The Hall–Kier alpha value is -3.35. The molecule has 3 N–H and O–H groups in total. The van der Waals surface area contributed by atoms with E-state index in [-0.39, 0.29) is 28.7 Å². The topological polar surface area (TPSA) is 92.1 Å². The summed E-state index contributed by atoms with van der Waals surface area (Å²) in [7, 11) is 1.91. The molecule has 3 aromatic rings. The predicted octanol–water partition coefficient (Wildman–Crippen LogP) is 6.64. The Labute approximate surface area is 220 Å². The maximum atomic E-state index is 13.6. The Kier molecular flexibility index (Phi) is 7.62. The molecule has 7 nitrogen and oxygen atoms in total. The number of amides is 1. The first-order valence-electron chi connectivity index (χ1n) is 13.2. The highest BCUT2D eigenvalue weighted by Crippen LogP contribution is 2.43. The Bertz CT molecular complexity index is 1230. The summed E-state index contributed by atoms with van der Waals surface area (Å²) in [6, 6.07) is 14.0. The lowest BCUT2D eigenvalue weighted by Gasteiger charge is -2.42. The summed E-state index contributed by atoms with van der Waals surface area (Å²) >= 11 is 0. The number of rotatable bonds is 7. The van der Waals surface area contributed by atoms with E-state index in [0.29, 0.717) is 17.0 Å². The first-order chi connectivity index (χ1) is 17.5. The van der Waals surface area contributed by atoms with E-state index in [1.807, 2.05) is 37.4 Å². The molecule has 0 radical (unpaired) electrons. The van der Waals surface area contributed by atoms with Crippen molar-refractivity contribution in [1.82, 2.24) is 15.5 Å². The third-order valence-electron chi connectivity index (χ3n) is 7.42. The molecule has 0 bridgehead atoms. The van der Waals surface area contributed by atoms with Crippen LogP contribution in [0, 0.1) is 17.8 Å². The molecule has 2 aromatic heterocycles. The van der Waals surface area contributed by atoms with Crippen LogP contribution in [0.3, 0.4) is 0 Å². The summed E-state index contributed by atoms with van der Waals surface area (Å²) in [6.07, 6.45) is 2.86. The number of carbonyl (C=O) groups is 1. The van der Waals surface area contributed by atoms with Crippen molar-refractivity contribution in [1.29, 1.82) is 0 Å². The summed E-state index contributed by atoms with van der Waals surface area (Å²) in [5.74, 6) is 1.51. The molecule has 7 heteroatoms. The van der Waals surface area contributed by atoms with Crippen LogP contribution in [-0.2, 0) is 0 Å². The van der Waals surface area contributed by atoms with Crippen molar-refractivity contribution in [2.45, 2.75) is 72.8 Å². The van der Waals surface area contributed by atoms with Crippen LogP contribution >= 0.6 is 0 Å². The Morgan fingerprint density at radius 1 is 1.14 bits per heavy atom. The second-order valence-corrected chi connectivity index (χ2v) is 12.1. The van der Waals surface area contributed by atoms with Crippen molar-refractivity contribution < 1.29 is 9.32 Å². The standard InChI is InChI=1S/C30H41N5O2/c1-19-25(26(35-37-19)20-11-9-8-10-12-20)28(36)34-24-17-21(15-16-30(24,5)6)22-13-14-23(27(31-7)33-22)32-18-29(2,3)4/h8-14,21,24,32H,15-18H2,1-7H3,(H,31,33)(H,34,36). The number of hydrogen-bond acceptors (Lipinski definition) is 6. The molecule has 0 aliphatic heterocycles. The van der Waals surface area contributed by atoms with Gasteiger partial charge in [0.2, 0.25) is 0 Å². The fraction of sp³-hybridized carbons (Fsp3) is 0.500. The number of pyridine rings is 1. The molecule has 0 saturated heterocycles. The van der Waals surface area contributed by atoms with Crippen LogP contribution < -0.4 is 16.0 Å². The van der Waals surface area contributed by atoms with Crippen molar-refractivity contribution >= 4 is 17.4 Å². The highest BCUT2D eigenvalue weighted by Gasteiger charge is 2.39. The smallest absolute Gasteiger partial charge is 0.257 e. The van der Waals surface area contributed by atoms with Gasteiger partial charge in [-0.3, -0.25) is 4.79 Å². The zero-order chi connectivity index (χ0) is 26.8. The number of aryl methyl sites for hydroxylation is 1. The number of nitrogens with one attached hydrogen (secondary N) is 3. The third kappa shape index (κ3) is 6.14. The van der Waals surface area contributed by atoms with E-state index >= 15 is 0 Å². The van der Waals surface area contributed by atoms with Crippen molar-refractivity contribution in [3.05, 3.63) is 59.5 Å². The second-order valence-electron chi connectivity index (χ2n) is 12.1. The van der Waals surface area contributed by atoms with Crippen LogP contribution in [0.25, 0.3) is 11.3 Å². The van der Waals surface area contributed by atoms with E-state index in [1.165, 1.54) is 0 Å². The van der Waals surface area contributed by atoms with Crippen molar-refractivity contribution in [3.8, 4) is 11.3 Å². The molecule has 1 aliphatic carbocycles. The van der Waals surface area contributed by atoms with Gasteiger partial charge in [-0.1, -0.05) is 70.1 Å². The van der Waals surface area contributed by atoms with Gasteiger partial charge in [-0.05, 0) is 49.1 Å². The molecule has 2 atom stereocenters. The summed E-state index contributed by atoms with van der Waals surface area (Å²) in [5.41, 5.74) is 4.17. The molecule has 1 fully saturated rings. The van der Waals surface area contributed by atoms with Gasteiger partial charge in [0.25, 0.3) is 5.91 Å². The third-order valence-corrected chi connectivity index (χ3v) is 7.42. The minimum atomic E-state index is -0.137. The van der Waals surface area contributed by atoms with Crippen LogP contribution in [-0.4, -0.2) is 35.7 Å². The summed E-state index contributed by atoms with van der Waals surface area (Å²) in [5, 5.41) is 14.3. The van der Waals surface area contributed by atoms with Crippen molar-refractivity contribution in [3.63, 3.8) is 0 Å². The van der Waals surface area contributed by atoms with Crippen LogP contribution in [0.4, 0.5) is 11.5 Å². The fourth-order valence-electron chi connectivity index (χ4n) is 5.02. The Balaban J connectivity index is 1.53. The van der Waals surface area contributed by atoms with Crippen LogP contribution in [0.15, 0.2) is 47.0 Å². The predicted molar refractivity (Wildman–Crippen MR) is 150 cm³/mol. The molecule has 2 unspecified atom stereocenters. The molecule has 37 heavy (non-hydrogen) atoms. The van der Waals surface area contributed by atoms with E-state index in [2.05, 4.69) is 67.9 Å². The first-order valence-corrected chi connectivity index (χ1v) is 13.2. The lowest BCUT2D eigenvalue weighted by atomic mass is 9.68. The molecule has 4 rings (SSSR count). The largest absolute Gasteiger partial charge is 0.382 e. The van der Waals surface area contributed by atoms with Gasteiger partial charge in [-0.2, -0.15) is 0 Å². The number of hydrogen-bond donors (Lipinski definition) is 3. The first kappa shape index (κ1) is 26.7. The van der Waals surface area contributed by atoms with Gasteiger partial charge in [0.15, 0.2) is 0 Å². The molecule has 1 amide bonds. The molecule has 1 aliphatic rings. The monoisotopic (exact) mass is 503 g/mol. The molecular formula is C30H41N5O2. The normalized spacial score (nSPS) is 19.3. The van der Waals surface area contributed by atoms with Crippen LogP contribution in [0.2, 0.25) is 0 Å². The number of carbonyl (C=O) groups excluding carboxylic acids is 1. The molecule has 2 heterocycles. The average molecular weight is 504 g/mol. The molecule has 198 valence electrons. The Morgan fingerprint density at radius 2 is 1.86 bits per heavy atom. The molecule has 1 aromatic carbocycles. The van der Waals surface area contributed by atoms with Gasteiger partial charge in [-0.15, -0.1) is 0 Å². The van der Waals surface area contributed by atoms with Gasteiger partial charge < -0.3 is 20.5 Å². The second kappa shape index (κ2) is 10.6. The minimum absolute atomic E-state index is 0.00444. The summed E-state index contributed by atoms with van der Waals surface area (Å²) in [4.78, 5) is 18.6. The maximum absolute atomic E-state index is 13.6. The average Bonchev–Trinajstić information content (AvgIpc) is 3.25. The van der Waals surface area contributed by atoms with Gasteiger partial charge in [0.1, 0.15) is 22.8 Å². The summed E-state index contributed by atoms with van der Waals surface area (Å²) in [6.45, 7) is 13.8. The zero-order valence-corrected chi connectivity index (χ0v) is 23.2. The molecule has 0 spiro atoms. The molecular weight excluding hydrogens is 462 g/mol. The van der Waals surface area contributed by atoms with Crippen LogP contribution in [0.5, 0.6) is 0 Å². The van der Waals surface area contributed by atoms with E-state index in [1.54, 1.807) is 6.92 Å². The van der Waals surface area contributed by atoms with E-state index in [9.17, 15) is 4.79 Å². The minimum Gasteiger partial charge on any atom is -0.382 e. The zero-order valence-electron chi connectivity index (χ0n) is 23.2. The van der Waals surface area contributed by atoms with Crippen molar-refractivity contribution in [2.24, 2.45) is 10.8 Å². The SMILES string of the molecule is CNc1nc(C2CCC(C)(C)C(NC(=O)c3c(-c4ccccc4)noc3C)C2)ccc1NCC(C)(C)C. The Morgan fingerprint density at radius 3 is 2.54 bits per heavy atom. The van der Waals surface area contributed by atoms with E-state index < -0.39 is 0 Å². The number of nitrogens with zero attached hydrogens (tertiary/aromatic N) is 2. The fourth-order valence-corrected chi connectivity index (χ4v) is 5.02. The van der Waals surface area contributed by atoms with Crippen molar-refractivity contribution in [2.75, 3.05) is 24.2 Å². The highest BCUT2D eigenvalue weighted by molar-refractivity contribution is 6.01. The van der Waals surface area contributed by atoms with E-state index in [4.69, 9.17) is 9.51 Å². The van der Waals surface area contributed by atoms with Gasteiger partial charge in [0.05, 0.1) is 5.69 Å². The van der Waals surface area contributed by atoms with Gasteiger partial charge in [-0.25, -0.2) is 4.98 Å². The van der Waals surface area contributed by atoms with Gasteiger partial charge in [0, 0.05) is 36.8 Å². The number of benzene rings is 1.